The molecule has 0 bridgehead atoms. The molecule has 0 saturated carbocycles. The topological polar surface area (TPSA) is 58.1 Å². The van der Waals surface area contributed by atoms with Gasteiger partial charge in [0.1, 0.15) is 6.04 Å². The van der Waals surface area contributed by atoms with Gasteiger partial charge in [0, 0.05) is 23.0 Å². The molecule has 1 fully saturated rings. The highest BCUT2D eigenvalue weighted by Crippen LogP contribution is 2.29. The van der Waals surface area contributed by atoms with Crippen LogP contribution in [0.5, 0.6) is 0 Å². The predicted molar refractivity (Wildman–Crippen MR) is 90.6 cm³/mol. The second kappa shape index (κ2) is 6.34. The first-order valence-electron chi connectivity index (χ1n) is 7.46. The molecule has 2 aromatic heterocycles. The summed E-state index contributed by atoms with van der Waals surface area (Å²) in [6, 6.07) is -0.111. The third-order valence-electron chi connectivity index (χ3n) is 3.91. The highest BCUT2D eigenvalue weighted by molar-refractivity contribution is 7.13. The van der Waals surface area contributed by atoms with Gasteiger partial charge in [-0.05, 0) is 33.6 Å². The maximum atomic E-state index is 12.7. The van der Waals surface area contributed by atoms with Gasteiger partial charge in [-0.25, -0.2) is 9.97 Å². The number of anilines is 1. The molecular formula is C15H20N4OS2. The predicted octanol–water partition coefficient (Wildman–Crippen LogP) is 3.06. The zero-order valence-electron chi connectivity index (χ0n) is 13.0. The van der Waals surface area contributed by atoms with Gasteiger partial charge in [0.2, 0.25) is 5.91 Å². The number of amides is 1. The summed E-state index contributed by atoms with van der Waals surface area (Å²) in [5, 5.41) is 7.08. The molecule has 0 unspecified atom stereocenters. The Hall–Kier alpha value is -1.47. The fourth-order valence-corrected chi connectivity index (χ4v) is 4.60. The average molecular weight is 336 g/mol. The van der Waals surface area contributed by atoms with Crippen LogP contribution in [0.15, 0.2) is 11.6 Å². The molecule has 0 aliphatic carbocycles. The van der Waals surface area contributed by atoms with E-state index in [1.807, 2.05) is 26.2 Å². The molecule has 1 aliphatic heterocycles. The van der Waals surface area contributed by atoms with E-state index >= 15 is 0 Å². The molecule has 2 atom stereocenters. The van der Waals surface area contributed by atoms with Gasteiger partial charge in [-0.2, -0.15) is 0 Å². The van der Waals surface area contributed by atoms with Crippen molar-refractivity contribution in [1.82, 2.24) is 15.3 Å². The quantitative estimate of drug-likeness (QED) is 0.932. The summed E-state index contributed by atoms with van der Waals surface area (Å²) in [6.07, 6.45) is 3.71. The second-order valence-electron chi connectivity index (χ2n) is 5.58. The van der Waals surface area contributed by atoms with E-state index in [0.29, 0.717) is 0 Å². The molecule has 22 heavy (non-hydrogen) atoms. The van der Waals surface area contributed by atoms with Crippen LogP contribution in [-0.4, -0.2) is 28.5 Å². The molecule has 5 nitrogen and oxygen atoms in total. The number of nitrogens with zero attached hydrogens (tertiary/aromatic N) is 3. The van der Waals surface area contributed by atoms with Crippen molar-refractivity contribution in [3.8, 4) is 0 Å². The zero-order chi connectivity index (χ0) is 15.7. The van der Waals surface area contributed by atoms with Gasteiger partial charge in [0.15, 0.2) is 5.13 Å². The number of thiazole rings is 2. The van der Waals surface area contributed by atoms with Crippen molar-refractivity contribution in [3.63, 3.8) is 0 Å². The molecule has 3 rings (SSSR count). The first-order valence-corrected chi connectivity index (χ1v) is 9.16. The van der Waals surface area contributed by atoms with Crippen molar-refractivity contribution in [2.75, 3.05) is 11.4 Å². The number of aromatic nitrogens is 2. The minimum atomic E-state index is -0.108. The number of aryl methyl sites for hydroxylation is 2. The molecule has 7 heteroatoms. The number of nitrogens with one attached hydrogen (secondary N) is 1. The van der Waals surface area contributed by atoms with Crippen molar-refractivity contribution in [2.45, 2.75) is 45.7 Å². The highest BCUT2D eigenvalue weighted by atomic mass is 32.1. The van der Waals surface area contributed by atoms with E-state index in [-0.39, 0.29) is 18.0 Å². The van der Waals surface area contributed by atoms with Gasteiger partial charge in [0.25, 0.3) is 0 Å². The molecule has 118 valence electrons. The standard InChI is InChI=1S/C15H20N4OS2/c1-9-13(22-11(3)17-9)10(2)18-14(20)12-5-4-7-19(12)15-16-6-8-21-15/h6,8,10,12H,4-5,7H2,1-3H3,(H,18,20)/t10-,12+/m0/s1. The maximum absolute atomic E-state index is 12.7. The lowest BCUT2D eigenvalue weighted by molar-refractivity contribution is -0.122. The highest BCUT2D eigenvalue weighted by Gasteiger charge is 2.33. The van der Waals surface area contributed by atoms with Crippen LogP contribution in [0, 0.1) is 13.8 Å². The maximum Gasteiger partial charge on any atom is 0.243 e. The Balaban J connectivity index is 1.70. The van der Waals surface area contributed by atoms with Crippen LogP contribution < -0.4 is 10.2 Å². The van der Waals surface area contributed by atoms with Crippen LogP contribution in [0.25, 0.3) is 0 Å². The molecule has 1 aliphatic rings. The van der Waals surface area contributed by atoms with Crippen molar-refractivity contribution in [1.29, 1.82) is 0 Å². The van der Waals surface area contributed by atoms with Crippen LogP contribution in [0.4, 0.5) is 5.13 Å². The number of hydrogen-bond donors (Lipinski definition) is 1. The van der Waals surface area contributed by atoms with Crippen LogP contribution in [0.2, 0.25) is 0 Å². The summed E-state index contributed by atoms with van der Waals surface area (Å²) in [6.45, 7) is 6.93. The molecule has 1 amide bonds. The van der Waals surface area contributed by atoms with Crippen molar-refractivity contribution in [3.05, 3.63) is 27.2 Å². The van der Waals surface area contributed by atoms with E-state index in [1.54, 1.807) is 28.9 Å². The van der Waals surface area contributed by atoms with Gasteiger partial charge >= 0.3 is 0 Å². The molecule has 3 heterocycles. The summed E-state index contributed by atoms with van der Waals surface area (Å²) in [4.78, 5) is 24.7. The normalized spacial score (nSPS) is 19.4. The smallest absolute Gasteiger partial charge is 0.243 e. The summed E-state index contributed by atoms with van der Waals surface area (Å²) >= 11 is 3.25. The fourth-order valence-electron chi connectivity index (χ4n) is 2.95. The SMILES string of the molecule is Cc1nc(C)c([C@H](C)NC(=O)[C@H]2CCCN2c2nccs2)s1. The van der Waals surface area contributed by atoms with Gasteiger partial charge < -0.3 is 10.2 Å². The van der Waals surface area contributed by atoms with Gasteiger partial charge in [-0.1, -0.05) is 0 Å². The van der Waals surface area contributed by atoms with Crippen LogP contribution in [0.1, 0.15) is 41.4 Å². The molecule has 0 aromatic carbocycles. The Morgan fingerprint density at radius 1 is 1.50 bits per heavy atom. The lowest BCUT2D eigenvalue weighted by atomic mass is 10.1. The molecule has 2 aromatic rings. The van der Waals surface area contributed by atoms with Gasteiger partial charge in [-0.3, -0.25) is 4.79 Å². The Morgan fingerprint density at radius 2 is 2.32 bits per heavy atom. The Morgan fingerprint density at radius 3 is 2.95 bits per heavy atom. The van der Waals surface area contributed by atoms with Crippen molar-refractivity contribution >= 4 is 33.7 Å². The lowest BCUT2D eigenvalue weighted by Crippen LogP contribution is -2.44. The van der Waals surface area contributed by atoms with E-state index in [0.717, 1.165) is 40.1 Å². The van der Waals surface area contributed by atoms with Crippen molar-refractivity contribution < 1.29 is 4.79 Å². The van der Waals surface area contributed by atoms with Gasteiger partial charge in [-0.15, -0.1) is 22.7 Å². The molecule has 0 spiro atoms. The van der Waals surface area contributed by atoms with E-state index in [9.17, 15) is 4.79 Å². The van der Waals surface area contributed by atoms with Gasteiger partial charge in [0.05, 0.1) is 16.7 Å². The Labute approximate surface area is 138 Å². The largest absolute Gasteiger partial charge is 0.347 e. The average Bonchev–Trinajstić information content (AvgIpc) is 3.17. The lowest BCUT2D eigenvalue weighted by Gasteiger charge is -2.24. The zero-order valence-corrected chi connectivity index (χ0v) is 14.6. The minimum Gasteiger partial charge on any atom is -0.347 e. The molecular weight excluding hydrogens is 316 g/mol. The van der Waals surface area contributed by atoms with Crippen LogP contribution in [-0.2, 0) is 4.79 Å². The summed E-state index contributed by atoms with van der Waals surface area (Å²) in [5.41, 5.74) is 1.01. The second-order valence-corrected chi connectivity index (χ2v) is 7.69. The minimum absolute atomic E-state index is 0.00237. The Bertz CT molecular complexity index is 653. The third kappa shape index (κ3) is 3.01. The Kier molecular flexibility index (Phi) is 4.44. The third-order valence-corrected chi connectivity index (χ3v) is 5.98. The first-order chi connectivity index (χ1) is 10.6. The van der Waals surface area contributed by atoms with Crippen LogP contribution >= 0.6 is 22.7 Å². The van der Waals surface area contributed by atoms with E-state index in [4.69, 9.17) is 0 Å². The summed E-state index contributed by atoms with van der Waals surface area (Å²) < 4.78 is 0. The number of carbonyl (C=O) groups is 1. The van der Waals surface area contributed by atoms with E-state index in [2.05, 4.69) is 20.2 Å². The molecule has 1 saturated heterocycles. The summed E-state index contributed by atoms with van der Waals surface area (Å²) in [5.74, 6) is 0.0886. The summed E-state index contributed by atoms with van der Waals surface area (Å²) in [7, 11) is 0. The fraction of sp³-hybridized carbons (Fsp3) is 0.533. The number of hydrogen-bond acceptors (Lipinski definition) is 6. The van der Waals surface area contributed by atoms with E-state index in [1.165, 1.54) is 0 Å². The number of rotatable bonds is 4. The molecule has 1 N–H and O–H groups in total. The first kappa shape index (κ1) is 15.4. The van der Waals surface area contributed by atoms with Crippen LogP contribution in [0.3, 0.4) is 0 Å². The monoisotopic (exact) mass is 336 g/mol. The molecule has 0 radical (unpaired) electrons. The van der Waals surface area contributed by atoms with E-state index < -0.39 is 0 Å². The van der Waals surface area contributed by atoms with Crippen molar-refractivity contribution in [2.24, 2.45) is 0 Å². The number of carbonyl (C=O) groups excluding carboxylic acids is 1.